The number of carbonyl (C=O) groups is 2. The summed E-state index contributed by atoms with van der Waals surface area (Å²) in [5.41, 5.74) is 1.09. The molecule has 0 saturated heterocycles. The molecule has 0 heterocycles. The molecule has 7 heteroatoms. The number of hydrogen-bond donors (Lipinski definition) is 3. The van der Waals surface area contributed by atoms with Crippen molar-refractivity contribution < 1.29 is 23.6 Å². The monoisotopic (exact) mass is 360 g/mol. The van der Waals surface area contributed by atoms with Gasteiger partial charge in [0.2, 0.25) is 0 Å². The number of amides is 2. The van der Waals surface area contributed by atoms with E-state index in [0.717, 1.165) is 4.90 Å². The molecule has 138 valence electrons. The molecular weight excluding hydrogens is 337 g/mol. The summed E-state index contributed by atoms with van der Waals surface area (Å²) >= 11 is 0. The minimum absolute atomic E-state index is 0.116. The van der Waals surface area contributed by atoms with Crippen LogP contribution in [0.4, 0.5) is 10.1 Å². The second-order valence-electron chi connectivity index (χ2n) is 5.96. The van der Waals surface area contributed by atoms with E-state index in [4.69, 9.17) is 4.74 Å². The Bertz CT molecular complexity index is 750. The highest BCUT2D eigenvalue weighted by Gasteiger charge is 2.14. The number of halogens is 1. The van der Waals surface area contributed by atoms with E-state index in [1.807, 2.05) is 0 Å². The summed E-state index contributed by atoms with van der Waals surface area (Å²) < 4.78 is 18.6. The average molecular weight is 360 g/mol. The van der Waals surface area contributed by atoms with E-state index in [1.54, 1.807) is 56.6 Å². The summed E-state index contributed by atoms with van der Waals surface area (Å²) in [5, 5.41) is 5.43. The summed E-state index contributed by atoms with van der Waals surface area (Å²) in [6.07, 6.45) is 0. The van der Waals surface area contributed by atoms with Crippen LogP contribution < -0.4 is 20.3 Å². The highest BCUT2D eigenvalue weighted by molar-refractivity contribution is 5.91. The maximum Gasteiger partial charge on any atom is 0.279 e. The molecule has 2 aromatic carbocycles. The first kappa shape index (κ1) is 19.4. The molecule has 0 bridgehead atoms. The zero-order chi connectivity index (χ0) is 18.9. The number of likely N-dealkylation sites (N-methyl/N-ethyl adjacent to an activating group) is 1. The number of nitrogens with one attached hydrogen (secondary N) is 3. The predicted octanol–water partition coefficient (Wildman–Crippen LogP) is 0.604. The number of rotatable bonds is 8. The van der Waals surface area contributed by atoms with Gasteiger partial charge in [0.15, 0.2) is 13.1 Å². The molecule has 2 aromatic rings. The van der Waals surface area contributed by atoms with Gasteiger partial charge in [-0.1, -0.05) is 18.2 Å². The zero-order valence-corrected chi connectivity index (χ0v) is 14.8. The van der Waals surface area contributed by atoms with E-state index in [9.17, 15) is 14.0 Å². The van der Waals surface area contributed by atoms with Crippen LogP contribution in [0.2, 0.25) is 0 Å². The lowest BCUT2D eigenvalue weighted by atomic mass is 10.2. The van der Waals surface area contributed by atoms with Crippen molar-refractivity contribution in [2.45, 2.75) is 6.54 Å². The molecule has 6 nitrogen and oxygen atoms in total. The lowest BCUT2D eigenvalue weighted by Gasteiger charge is -2.14. The maximum atomic E-state index is 13.5. The van der Waals surface area contributed by atoms with Crippen molar-refractivity contribution >= 4 is 17.5 Å². The summed E-state index contributed by atoms with van der Waals surface area (Å²) in [6.45, 7) is 0.375. The Morgan fingerprint density at radius 1 is 1.04 bits per heavy atom. The number of anilines is 1. The zero-order valence-electron chi connectivity index (χ0n) is 14.8. The third-order valence-corrected chi connectivity index (χ3v) is 3.73. The number of quaternary nitrogens is 1. The number of hydrogen-bond acceptors (Lipinski definition) is 3. The largest absolute Gasteiger partial charge is 0.497 e. The first-order chi connectivity index (χ1) is 12.5. The van der Waals surface area contributed by atoms with Gasteiger partial charge < -0.3 is 20.3 Å². The summed E-state index contributed by atoms with van der Waals surface area (Å²) in [5.74, 6) is -0.0952. The van der Waals surface area contributed by atoms with Gasteiger partial charge in [0, 0.05) is 17.8 Å². The van der Waals surface area contributed by atoms with Crippen LogP contribution in [0, 0.1) is 5.82 Å². The van der Waals surface area contributed by atoms with E-state index in [0.29, 0.717) is 17.0 Å². The number of benzene rings is 2. The lowest BCUT2D eigenvalue weighted by Crippen LogP contribution is -3.11. The van der Waals surface area contributed by atoms with Crippen molar-refractivity contribution in [3.05, 3.63) is 59.9 Å². The van der Waals surface area contributed by atoms with Gasteiger partial charge in [-0.3, -0.25) is 9.59 Å². The normalized spacial score (nSPS) is 11.5. The number of methoxy groups -OCH3 is 1. The van der Waals surface area contributed by atoms with Crippen molar-refractivity contribution in [1.29, 1.82) is 0 Å². The quantitative estimate of drug-likeness (QED) is 0.646. The van der Waals surface area contributed by atoms with E-state index >= 15 is 0 Å². The Kier molecular flexibility index (Phi) is 7.11. The Hall–Kier alpha value is -2.93. The van der Waals surface area contributed by atoms with Crippen molar-refractivity contribution in [3.63, 3.8) is 0 Å². The van der Waals surface area contributed by atoms with Crippen LogP contribution in [0.1, 0.15) is 5.56 Å². The van der Waals surface area contributed by atoms with Gasteiger partial charge in [0.05, 0.1) is 14.2 Å². The molecule has 0 radical (unpaired) electrons. The maximum absolute atomic E-state index is 13.5. The Morgan fingerprint density at radius 3 is 2.35 bits per heavy atom. The van der Waals surface area contributed by atoms with Gasteiger partial charge in [-0.2, -0.15) is 0 Å². The van der Waals surface area contributed by atoms with Gasteiger partial charge in [-0.25, -0.2) is 4.39 Å². The SMILES string of the molecule is COc1ccc(NC(=O)C[NH+](C)CC(=O)NCc2ccccc2F)cc1. The average Bonchev–Trinajstić information content (AvgIpc) is 2.61. The molecule has 26 heavy (non-hydrogen) atoms. The van der Waals surface area contributed by atoms with Crippen LogP contribution in [-0.2, 0) is 16.1 Å². The van der Waals surface area contributed by atoms with Gasteiger partial charge in [-0.05, 0) is 30.3 Å². The van der Waals surface area contributed by atoms with Crippen LogP contribution in [-0.4, -0.2) is 39.1 Å². The van der Waals surface area contributed by atoms with E-state index in [-0.39, 0.29) is 37.3 Å². The fourth-order valence-electron chi connectivity index (χ4n) is 2.39. The predicted molar refractivity (Wildman–Crippen MR) is 96.5 cm³/mol. The van der Waals surface area contributed by atoms with Crippen molar-refractivity contribution in [2.75, 3.05) is 32.6 Å². The standard InChI is InChI=1S/C19H22FN3O3/c1-23(12-18(24)21-11-14-5-3-4-6-17(14)20)13-19(25)22-15-7-9-16(26-2)10-8-15/h3-10H,11-13H2,1-2H3,(H,21,24)(H,22,25)/p+1. The molecule has 3 N–H and O–H groups in total. The smallest absolute Gasteiger partial charge is 0.279 e. The number of ether oxygens (including phenoxy) is 1. The highest BCUT2D eigenvalue weighted by atomic mass is 19.1. The first-order valence-electron chi connectivity index (χ1n) is 8.23. The van der Waals surface area contributed by atoms with Gasteiger partial charge >= 0.3 is 0 Å². The van der Waals surface area contributed by atoms with E-state index in [2.05, 4.69) is 10.6 Å². The Labute approximate surface area is 152 Å². The highest BCUT2D eigenvalue weighted by Crippen LogP contribution is 2.14. The third kappa shape index (κ3) is 6.18. The Morgan fingerprint density at radius 2 is 1.69 bits per heavy atom. The first-order valence-corrected chi connectivity index (χ1v) is 8.23. The molecule has 1 atom stereocenters. The molecular formula is C19H23FN3O3+. The third-order valence-electron chi connectivity index (χ3n) is 3.73. The van der Waals surface area contributed by atoms with Crippen LogP contribution in [0.5, 0.6) is 5.75 Å². The molecule has 0 aliphatic heterocycles. The summed E-state index contributed by atoms with van der Waals surface area (Å²) in [4.78, 5) is 24.7. The van der Waals surface area contributed by atoms with Crippen LogP contribution in [0.15, 0.2) is 48.5 Å². The minimum atomic E-state index is -0.354. The molecule has 2 amide bonds. The minimum Gasteiger partial charge on any atom is -0.497 e. The van der Waals surface area contributed by atoms with E-state index in [1.165, 1.54) is 6.07 Å². The molecule has 0 saturated carbocycles. The molecule has 0 aromatic heterocycles. The summed E-state index contributed by atoms with van der Waals surface area (Å²) in [6, 6.07) is 13.3. The van der Waals surface area contributed by atoms with Crippen LogP contribution >= 0.6 is 0 Å². The van der Waals surface area contributed by atoms with Gasteiger partial charge in [0.25, 0.3) is 11.8 Å². The van der Waals surface area contributed by atoms with E-state index < -0.39 is 0 Å². The van der Waals surface area contributed by atoms with Crippen LogP contribution in [0.3, 0.4) is 0 Å². The molecule has 0 aliphatic rings. The second kappa shape index (κ2) is 9.53. The molecule has 0 fully saturated rings. The van der Waals surface area contributed by atoms with Crippen molar-refractivity contribution in [1.82, 2.24) is 5.32 Å². The van der Waals surface area contributed by atoms with Gasteiger partial charge in [0.1, 0.15) is 11.6 Å². The molecule has 2 rings (SSSR count). The number of carbonyl (C=O) groups excluding carboxylic acids is 2. The van der Waals surface area contributed by atoms with Crippen LogP contribution in [0.25, 0.3) is 0 Å². The molecule has 0 aliphatic carbocycles. The summed E-state index contributed by atoms with van der Waals surface area (Å²) in [7, 11) is 3.32. The van der Waals surface area contributed by atoms with Crippen molar-refractivity contribution in [3.8, 4) is 5.75 Å². The molecule has 0 spiro atoms. The second-order valence-corrected chi connectivity index (χ2v) is 5.96. The van der Waals surface area contributed by atoms with Gasteiger partial charge in [-0.15, -0.1) is 0 Å². The fourth-order valence-corrected chi connectivity index (χ4v) is 2.39. The Balaban J connectivity index is 1.74. The lowest BCUT2D eigenvalue weighted by molar-refractivity contribution is -0.862. The fraction of sp³-hybridized carbons (Fsp3) is 0.263. The molecule has 1 unspecified atom stereocenters. The topological polar surface area (TPSA) is 71.9 Å². The van der Waals surface area contributed by atoms with Crippen molar-refractivity contribution in [2.24, 2.45) is 0 Å².